The van der Waals surface area contributed by atoms with Crippen LogP contribution in [-0.2, 0) is 24.2 Å². The van der Waals surface area contributed by atoms with Crippen LogP contribution < -0.4 is 5.32 Å². The summed E-state index contributed by atoms with van der Waals surface area (Å²) in [5.41, 5.74) is 0.465. The van der Waals surface area contributed by atoms with E-state index in [1.807, 2.05) is 0 Å². The molecule has 0 saturated carbocycles. The number of amides is 1. The van der Waals surface area contributed by atoms with Crippen LogP contribution in [0.4, 0.5) is 13.2 Å². The molecule has 2 heterocycles. The van der Waals surface area contributed by atoms with Gasteiger partial charge in [0, 0.05) is 24.3 Å². The molecule has 1 N–H and O–H groups in total. The Kier molecular flexibility index (Phi) is 4.94. The number of nitrogens with one attached hydrogen (secondary N) is 1. The van der Waals surface area contributed by atoms with E-state index in [1.54, 1.807) is 11.4 Å². The molecular formula is C12H12F3N3O2S. The maximum atomic E-state index is 12.1. The summed E-state index contributed by atoms with van der Waals surface area (Å²) in [6.07, 6.45) is -3.77. The largest absolute Gasteiger partial charge is 0.389 e. The highest BCUT2D eigenvalue weighted by Gasteiger charge is 2.27. The van der Waals surface area contributed by atoms with Crippen LogP contribution in [0.1, 0.15) is 22.9 Å². The lowest BCUT2D eigenvalue weighted by Gasteiger charge is -2.03. The average Bonchev–Trinajstić information content (AvgIpc) is 3.04. The molecule has 0 radical (unpaired) electrons. The van der Waals surface area contributed by atoms with Gasteiger partial charge in [-0.05, 0) is 0 Å². The van der Waals surface area contributed by atoms with Crippen molar-refractivity contribution >= 4 is 17.2 Å². The lowest BCUT2D eigenvalue weighted by Crippen LogP contribution is -2.24. The van der Waals surface area contributed by atoms with E-state index in [-0.39, 0.29) is 25.3 Å². The van der Waals surface area contributed by atoms with Gasteiger partial charge in [-0.15, -0.1) is 11.3 Å². The maximum Gasteiger partial charge on any atom is 0.389 e. The molecular weight excluding hydrogens is 307 g/mol. The zero-order valence-corrected chi connectivity index (χ0v) is 11.6. The standard InChI is InChI=1S/C12H12F3N3O2S/c13-12(14,15)3-1-11-18-8(7-21-11)5-10(19)16-6-9-2-4-17-20-9/h2,4,7H,1,3,5-6H2,(H,16,19). The topological polar surface area (TPSA) is 68.0 Å². The Bertz CT molecular complexity index is 581. The number of hydrogen-bond donors (Lipinski definition) is 1. The maximum absolute atomic E-state index is 12.1. The number of nitrogens with zero attached hydrogens (tertiary/aromatic N) is 2. The molecule has 0 unspecified atom stereocenters. The van der Waals surface area contributed by atoms with Gasteiger partial charge in [0.2, 0.25) is 5.91 Å². The van der Waals surface area contributed by atoms with Crippen LogP contribution in [0.3, 0.4) is 0 Å². The molecule has 2 aromatic rings. The lowest BCUT2D eigenvalue weighted by atomic mass is 10.3. The summed E-state index contributed by atoms with van der Waals surface area (Å²) in [5, 5.41) is 8.09. The fraction of sp³-hybridized carbons (Fsp3) is 0.417. The molecule has 0 spiro atoms. The Morgan fingerprint density at radius 2 is 2.24 bits per heavy atom. The first kappa shape index (κ1) is 15.5. The van der Waals surface area contributed by atoms with E-state index in [0.717, 1.165) is 11.3 Å². The van der Waals surface area contributed by atoms with E-state index in [2.05, 4.69) is 15.5 Å². The van der Waals surface area contributed by atoms with Crippen LogP contribution in [-0.4, -0.2) is 22.2 Å². The van der Waals surface area contributed by atoms with Crippen LogP contribution in [0, 0.1) is 0 Å². The lowest BCUT2D eigenvalue weighted by molar-refractivity contribution is -0.134. The number of rotatable bonds is 6. The van der Waals surface area contributed by atoms with Crippen molar-refractivity contribution in [2.75, 3.05) is 0 Å². The SMILES string of the molecule is O=C(Cc1csc(CCC(F)(F)F)n1)NCc1ccno1. The molecule has 0 saturated heterocycles. The van der Waals surface area contributed by atoms with Crippen molar-refractivity contribution in [3.8, 4) is 0 Å². The Morgan fingerprint density at radius 1 is 1.43 bits per heavy atom. The van der Waals surface area contributed by atoms with Crippen molar-refractivity contribution in [1.82, 2.24) is 15.5 Å². The van der Waals surface area contributed by atoms with Crippen molar-refractivity contribution < 1.29 is 22.5 Å². The number of hydrogen-bond acceptors (Lipinski definition) is 5. The van der Waals surface area contributed by atoms with Gasteiger partial charge in [-0.25, -0.2) is 4.98 Å². The number of aromatic nitrogens is 2. The normalized spacial score (nSPS) is 11.6. The monoisotopic (exact) mass is 319 g/mol. The van der Waals surface area contributed by atoms with Gasteiger partial charge in [0.15, 0.2) is 5.76 Å². The Labute approximate surface area is 122 Å². The summed E-state index contributed by atoms with van der Waals surface area (Å²) in [6, 6.07) is 1.62. The first-order valence-electron chi connectivity index (χ1n) is 6.09. The second-order valence-electron chi connectivity index (χ2n) is 4.28. The molecule has 0 atom stereocenters. The number of carbonyl (C=O) groups excluding carboxylic acids is 1. The molecule has 0 aromatic carbocycles. The van der Waals surface area contributed by atoms with Crippen molar-refractivity contribution in [3.05, 3.63) is 34.1 Å². The zero-order valence-electron chi connectivity index (χ0n) is 10.8. The molecule has 0 fully saturated rings. The van der Waals surface area contributed by atoms with Crippen molar-refractivity contribution in [2.24, 2.45) is 0 Å². The van der Waals surface area contributed by atoms with E-state index in [9.17, 15) is 18.0 Å². The van der Waals surface area contributed by atoms with E-state index in [0.29, 0.717) is 16.5 Å². The molecule has 0 aliphatic carbocycles. The molecule has 5 nitrogen and oxygen atoms in total. The van der Waals surface area contributed by atoms with Gasteiger partial charge >= 0.3 is 6.18 Å². The molecule has 1 amide bonds. The number of halogens is 3. The highest BCUT2D eigenvalue weighted by atomic mass is 32.1. The van der Waals surface area contributed by atoms with Gasteiger partial charge < -0.3 is 9.84 Å². The number of aryl methyl sites for hydroxylation is 1. The summed E-state index contributed by atoms with van der Waals surface area (Å²) in [5.74, 6) is 0.242. The van der Waals surface area contributed by atoms with Gasteiger partial charge in [0.1, 0.15) is 0 Å². The van der Waals surface area contributed by atoms with E-state index >= 15 is 0 Å². The van der Waals surface area contributed by atoms with Crippen LogP contribution in [0.2, 0.25) is 0 Å². The molecule has 21 heavy (non-hydrogen) atoms. The second kappa shape index (κ2) is 6.70. The van der Waals surface area contributed by atoms with Crippen LogP contribution in [0.15, 0.2) is 22.2 Å². The minimum absolute atomic E-state index is 0.0245. The van der Waals surface area contributed by atoms with Gasteiger partial charge in [-0.3, -0.25) is 4.79 Å². The van der Waals surface area contributed by atoms with Gasteiger partial charge in [0.05, 0.1) is 29.9 Å². The van der Waals surface area contributed by atoms with Crippen LogP contribution in [0.5, 0.6) is 0 Å². The first-order valence-corrected chi connectivity index (χ1v) is 6.96. The van der Waals surface area contributed by atoms with E-state index in [1.165, 1.54) is 6.20 Å². The first-order chi connectivity index (χ1) is 9.92. The Balaban J connectivity index is 1.77. The third kappa shape index (κ3) is 5.54. The Hall–Kier alpha value is -1.90. The predicted molar refractivity (Wildman–Crippen MR) is 68.5 cm³/mol. The second-order valence-corrected chi connectivity index (χ2v) is 5.22. The minimum Gasteiger partial charge on any atom is -0.360 e. The van der Waals surface area contributed by atoms with Gasteiger partial charge in [0.25, 0.3) is 0 Å². The van der Waals surface area contributed by atoms with E-state index in [4.69, 9.17) is 4.52 Å². The average molecular weight is 319 g/mol. The number of thiazole rings is 1. The molecule has 0 aliphatic heterocycles. The smallest absolute Gasteiger partial charge is 0.360 e. The quantitative estimate of drug-likeness (QED) is 0.888. The van der Waals surface area contributed by atoms with Crippen molar-refractivity contribution in [2.45, 2.75) is 32.0 Å². The highest BCUT2D eigenvalue weighted by molar-refractivity contribution is 7.09. The van der Waals surface area contributed by atoms with Crippen LogP contribution >= 0.6 is 11.3 Å². The third-order valence-corrected chi connectivity index (χ3v) is 3.47. The van der Waals surface area contributed by atoms with Gasteiger partial charge in [-0.2, -0.15) is 13.2 Å². The molecule has 0 aliphatic rings. The predicted octanol–water partition coefficient (Wildman–Crippen LogP) is 2.48. The van der Waals surface area contributed by atoms with Crippen LogP contribution in [0.25, 0.3) is 0 Å². The molecule has 114 valence electrons. The van der Waals surface area contributed by atoms with Crippen molar-refractivity contribution in [3.63, 3.8) is 0 Å². The summed E-state index contributed by atoms with van der Waals surface area (Å²) in [4.78, 5) is 15.7. The third-order valence-electron chi connectivity index (χ3n) is 2.51. The zero-order chi connectivity index (χ0) is 15.3. The molecule has 0 bridgehead atoms. The number of carbonyl (C=O) groups is 1. The number of alkyl halides is 3. The summed E-state index contributed by atoms with van der Waals surface area (Å²) >= 11 is 1.13. The minimum atomic E-state index is -4.19. The summed E-state index contributed by atoms with van der Waals surface area (Å²) in [6.45, 7) is 0.212. The Morgan fingerprint density at radius 3 is 2.90 bits per heavy atom. The van der Waals surface area contributed by atoms with E-state index < -0.39 is 12.6 Å². The molecule has 2 aromatic heterocycles. The molecule has 2 rings (SSSR count). The van der Waals surface area contributed by atoms with Gasteiger partial charge in [-0.1, -0.05) is 5.16 Å². The molecule has 9 heteroatoms. The highest BCUT2D eigenvalue weighted by Crippen LogP contribution is 2.23. The summed E-state index contributed by atoms with van der Waals surface area (Å²) in [7, 11) is 0. The fourth-order valence-electron chi connectivity index (χ4n) is 1.54. The fourth-order valence-corrected chi connectivity index (χ4v) is 2.34. The summed E-state index contributed by atoms with van der Waals surface area (Å²) < 4.78 is 41.1. The van der Waals surface area contributed by atoms with Crippen molar-refractivity contribution in [1.29, 1.82) is 0 Å².